The Hall–Kier alpha value is -1.66. The molecule has 2 saturated heterocycles. The van der Waals surface area contributed by atoms with Gasteiger partial charge >= 0.3 is 0 Å². The average Bonchev–Trinajstić information content (AvgIpc) is 2.79. The number of benzene rings is 1. The molecule has 9 nitrogen and oxygen atoms in total. The molecule has 1 aromatic rings. The highest BCUT2D eigenvalue weighted by Gasteiger charge is 2.23. The number of nitrogens with one attached hydrogen (secondary N) is 2. The van der Waals surface area contributed by atoms with E-state index < -0.39 is 0 Å². The van der Waals surface area contributed by atoms with Gasteiger partial charge in [-0.3, -0.25) is 15.1 Å². The Kier molecular flexibility index (Phi) is 11.3. The first-order valence-electron chi connectivity index (χ1n) is 10.8. The van der Waals surface area contributed by atoms with Crippen LogP contribution in [0.1, 0.15) is 32.1 Å². The topological polar surface area (TPSA) is 101 Å². The largest absolute Gasteiger partial charge is 0.378 e. The SMILES string of the molecule is CN=C(NCCNc1ccccc1[N+](=O)[O-])N1CCC(OCC2CCCCO2)CC1.I. The number of ether oxygens (including phenoxy) is 2. The van der Waals surface area contributed by atoms with Gasteiger partial charge in [-0.1, -0.05) is 12.1 Å². The van der Waals surface area contributed by atoms with Crippen molar-refractivity contribution >= 4 is 41.3 Å². The molecule has 1 atom stereocenters. The molecule has 31 heavy (non-hydrogen) atoms. The van der Waals surface area contributed by atoms with Gasteiger partial charge in [0.25, 0.3) is 5.69 Å². The van der Waals surface area contributed by atoms with Crippen LogP contribution in [0.2, 0.25) is 0 Å². The minimum absolute atomic E-state index is 0. The first-order valence-corrected chi connectivity index (χ1v) is 10.8. The lowest BCUT2D eigenvalue weighted by Gasteiger charge is -2.35. The van der Waals surface area contributed by atoms with Crippen molar-refractivity contribution in [3.05, 3.63) is 34.4 Å². The summed E-state index contributed by atoms with van der Waals surface area (Å²) in [6, 6.07) is 6.67. The molecule has 0 spiro atoms. The molecule has 2 N–H and O–H groups in total. The van der Waals surface area contributed by atoms with E-state index in [0.717, 1.165) is 44.9 Å². The minimum atomic E-state index is -0.374. The van der Waals surface area contributed by atoms with E-state index in [1.54, 1.807) is 25.2 Å². The zero-order chi connectivity index (χ0) is 21.2. The van der Waals surface area contributed by atoms with Gasteiger partial charge in [0, 0.05) is 45.9 Å². The Balaban J connectivity index is 0.00000341. The number of nitrogens with zero attached hydrogens (tertiary/aromatic N) is 3. The molecule has 3 rings (SSSR count). The van der Waals surface area contributed by atoms with Gasteiger partial charge in [0.15, 0.2) is 5.96 Å². The summed E-state index contributed by atoms with van der Waals surface area (Å²) in [6.45, 7) is 4.54. The van der Waals surface area contributed by atoms with Gasteiger partial charge in [0.1, 0.15) is 5.69 Å². The lowest BCUT2D eigenvalue weighted by molar-refractivity contribution is -0.384. The summed E-state index contributed by atoms with van der Waals surface area (Å²) < 4.78 is 11.8. The third-order valence-electron chi connectivity index (χ3n) is 5.57. The first kappa shape index (κ1) is 25.6. The van der Waals surface area contributed by atoms with Crippen LogP contribution in [0.5, 0.6) is 0 Å². The summed E-state index contributed by atoms with van der Waals surface area (Å²) in [6.07, 6.45) is 6.00. The molecule has 10 heteroatoms. The van der Waals surface area contributed by atoms with Crippen molar-refractivity contribution in [2.24, 2.45) is 4.99 Å². The number of nitro benzene ring substituents is 1. The van der Waals surface area contributed by atoms with Gasteiger partial charge in [-0.2, -0.15) is 0 Å². The van der Waals surface area contributed by atoms with Crippen LogP contribution >= 0.6 is 24.0 Å². The molecule has 0 radical (unpaired) electrons. The monoisotopic (exact) mass is 547 g/mol. The molecule has 1 unspecified atom stereocenters. The van der Waals surface area contributed by atoms with E-state index in [9.17, 15) is 10.1 Å². The van der Waals surface area contributed by atoms with Crippen molar-refractivity contribution in [3.8, 4) is 0 Å². The molecule has 2 aliphatic rings. The van der Waals surface area contributed by atoms with E-state index >= 15 is 0 Å². The van der Waals surface area contributed by atoms with E-state index in [1.807, 2.05) is 0 Å². The summed E-state index contributed by atoms with van der Waals surface area (Å²) in [7, 11) is 1.78. The van der Waals surface area contributed by atoms with Gasteiger partial charge in [0.05, 0.1) is 23.7 Å². The fraction of sp³-hybridized carbons (Fsp3) is 0.667. The number of halogens is 1. The van der Waals surface area contributed by atoms with Gasteiger partial charge in [-0.05, 0) is 38.2 Å². The van der Waals surface area contributed by atoms with Crippen molar-refractivity contribution in [2.45, 2.75) is 44.3 Å². The fourth-order valence-electron chi connectivity index (χ4n) is 3.90. The van der Waals surface area contributed by atoms with Crippen molar-refractivity contribution < 1.29 is 14.4 Å². The summed E-state index contributed by atoms with van der Waals surface area (Å²) in [5, 5.41) is 17.5. The molecule has 174 valence electrons. The second-order valence-electron chi connectivity index (χ2n) is 7.68. The number of guanidine groups is 1. The summed E-state index contributed by atoms with van der Waals surface area (Å²) in [5.41, 5.74) is 0.613. The molecule has 0 aliphatic carbocycles. The smallest absolute Gasteiger partial charge is 0.292 e. The number of para-hydroxylation sites is 2. The van der Waals surface area contributed by atoms with Gasteiger partial charge < -0.3 is 25.0 Å². The van der Waals surface area contributed by atoms with Crippen LogP contribution in [0.3, 0.4) is 0 Å². The van der Waals surface area contributed by atoms with Crippen molar-refractivity contribution in [1.29, 1.82) is 0 Å². The normalized spacial score (nSPS) is 20.1. The maximum absolute atomic E-state index is 11.1. The van der Waals surface area contributed by atoms with E-state index in [4.69, 9.17) is 9.47 Å². The fourth-order valence-corrected chi connectivity index (χ4v) is 3.90. The molecule has 2 aliphatic heterocycles. The second-order valence-corrected chi connectivity index (χ2v) is 7.68. The van der Waals surface area contributed by atoms with Crippen LogP contribution in [0.4, 0.5) is 11.4 Å². The Labute approximate surface area is 201 Å². The van der Waals surface area contributed by atoms with E-state index in [-0.39, 0.29) is 46.8 Å². The van der Waals surface area contributed by atoms with Crippen molar-refractivity contribution in [1.82, 2.24) is 10.2 Å². The molecule has 2 heterocycles. The first-order chi connectivity index (χ1) is 14.7. The highest BCUT2D eigenvalue weighted by Crippen LogP contribution is 2.22. The molecule has 2 fully saturated rings. The standard InChI is InChI=1S/C21H33N5O4.HI/c1-22-21(24-12-11-23-19-7-2-3-8-20(19)26(27)28)25-13-9-17(10-14-25)30-16-18-6-4-5-15-29-18;/h2-3,7-8,17-18,23H,4-6,9-16H2,1H3,(H,22,24);1H. The number of piperidine rings is 1. The van der Waals surface area contributed by atoms with Gasteiger partial charge in [0.2, 0.25) is 0 Å². The maximum Gasteiger partial charge on any atom is 0.292 e. The third kappa shape index (κ3) is 8.08. The number of likely N-dealkylation sites (tertiary alicyclic amines) is 1. The van der Waals surface area contributed by atoms with Crippen LogP contribution in [0.25, 0.3) is 0 Å². The summed E-state index contributed by atoms with van der Waals surface area (Å²) in [4.78, 5) is 17.3. The number of aliphatic imine (C=N–C) groups is 1. The zero-order valence-electron chi connectivity index (χ0n) is 18.1. The Bertz CT molecular complexity index is 707. The van der Waals surface area contributed by atoms with Crippen LogP contribution in [0, 0.1) is 10.1 Å². The summed E-state index contributed by atoms with van der Waals surface area (Å²) >= 11 is 0. The van der Waals surface area contributed by atoms with Crippen LogP contribution in [0.15, 0.2) is 29.3 Å². The molecule has 1 aromatic carbocycles. The lowest BCUT2D eigenvalue weighted by Crippen LogP contribution is -2.48. The Morgan fingerprint density at radius 3 is 2.71 bits per heavy atom. The highest BCUT2D eigenvalue weighted by molar-refractivity contribution is 14.0. The van der Waals surface area contributed by atoms with Crippen molar-refractivity contribution in [2.75, 3.05) is 51.8 Å². The molecule has 0 saturated carbocycles. The minimum Gasteiger partial charge on any atom is -0.378 e. The van der Waals surface area contributed by atoms with E-state index in [2.05, 4.69) is 20.5 Å². The second kappa shape index (κ2) is 13.7. The number of nitro groups is 1. The van der Waals surface area contributed by atoms with Crippen LogP contribution < -0.4 is 10.6 Å². The lowest BCUT2D eigenvalue weighted by atomic mass is 10.1. The zero-order valence-corrected chi connectivity index (χ0v) is 20.5. The Morgan fingerprint density at radius 2 is 2.03 bits per heavy atom. The maximum atomic E-state index is 11.1. The molecular weight excluding hydrogens is 513 g/mol. The number of hydrogen-bond donors (Lipinski definition) is 2. The van der Waals surface area contributed by atoms with Crippen molar-refractivity contribution in [3.63, 3.8) is 0 Å². The van der Waals surface area contributed by atoms with Gasteiger partial charge in [-0.15, -0.1) is 24.0 Å². The number of rotatable bonds is 8. The predicted molar refractivity (Wildman–Crippen MR) is 133 cm³/mol. The van der Waals surface area contributed by atoms with E-state index in [0.29, 0.717) is 25.4 Å². The number of anilines is 1. The predicted octanol–water partition coefficient (Wildman–Crippen LogP) is 3.25. The summed E-state index contributed by atoms with van der Waals surface area (Å²) in [5.74, 6) is 0.855. The highest BCUT2D eigenvalue weighted by atomic mass is 127. The quantitative estimate of drug-likeness (QED) is 0.129. The number of hydrogen-bond acceptors (Lipinski definition) is 6. The van der Waals surface area contributed by atoms with Crippen LogP contribution in [-0.4, -0.2) is 74.4 Å². The average molecular weight is 547 g/mol. The molecule has 0 bridgehead atoms. The molecule has 0 amide bonds. The Morgan fingerprint density at radius 1 is 1.26 bits per heavy atom. The third-order valence-corrected chi connectivity index (χ3v) is 5.57. The molecular formula is C21H34IN5O4. The van der Waals surface area contributed by atoms with Crippen LogP contribution in [-0.2, 0) is 9.47 Å². The molecule has 0 aromatic heterocycles. The van der Waals surface area contributed by atoms with Gasteiger partial charge in [-0.25, -0.2) is 0 Å². The van der Waals surface area contributed by atoms with E-state index in [1.165, 1.54) is 18.9 Å².